The van der Waals surface area contributed by atoms with E-state index >= 15 is 0 Å². The second-order valence-corrected chi connectivity index (χ2v) is 8.53. The van der Waals surface area contributed by atoms with E-state index in [1.807, 2.05) is 0 Å². The topological polar surface area (TPSA) is 0 Å². The summed E-state index contributed by atoms with van der Waals surface area (Å²) in [5, 5.41) is 0. The monoisotopic (exact) mass is 388 g/mol. The van der Waals surface area contributed by atoms with Crippen molar-refractivity contribution in [3.8, 4) is 0 Å². The number of alkyl halides is 2. The zero-order valence-corrected chi connectivity index (χ0v) is 11.4. The lowest BCUT2D eigenvalue weighted by Gasteiger charge is -2.57. The lowest BCUT2D eigenvalue weighted by Crippen LogP contribution is -2.54. The zero-order chi connectivity index (χ0) is 8.34. The highest BCUT2D eigenvalue weighted by atomic mass is 127. The molecule has 4 fully saturated rings. The van der Waals surface area contributed by atoms with E-state index in [2.05, 4.69) is 45.2 Å². The average Bonchev–Trinajstić information content (AvgIpc) is 1.98. The fraction of sp³-hybridized carbons (Fsp3) is 1.00. The molecule has 3 unspecified atom stereocenters. The lowest BCUT2D eigenvalue weighted by molar-refractivity contribution is 0.0569. The van der Waals surface area contributed by atoms with E-state index in [-0.39, 0.29) is 0 Å². The van der Waals surface area contributed by atoms with Gasteiger partial charge in [0.05, 0.1) is 0 Å². The Labute approximate surface area is 102 Å². The van der Waals surface area contributed by atoms with Gasteiger partial charge in [0.15, 0.2) is 0 Å². The molecule has 2 heteroatoms. The molecule has 4 aliphatic carbocycles. The van der Waals surface area contributed by atoms with Gasteiger partial charge in [0, 0.05) is 7.35 Å². The minimum atomic E-state index is 0.715. The van der Waals surface area contributed by atoms with Crippen molar-refractivity contribution in [2.75, 3.05) is 0 Å². The Bertz CT molecular complexity index is 200. The van der Waals surface area contributed by atoms with Crippen LogP contribution in [0.15, 0.2) is 0 Å². The van der Waals surface area contributed by atoms with Crippen LogP contribution in [0.1, 0.15) is 32.1 Å². The van der Waals surface area contributed by atoms with Gasteiger partial charge in [-0.25, -0.2) is 0 Å². The standard InChI is InChI=1S/C10H14I2/c11-9-8-2-6-1-7(3-8)5-10(9,12)4-6/h6-9H,1-5H2. The molecule has 0 radical (unpaired) electrons. The first kappa shape index (κ1) is 8.74. The molecule has 12 heavy (non-hydrogen) atoms. The smallest absolute Gasteiger partial charge is 0.0347 e. The molecule has 4 saturated carbocycles. The van der Waals surface area contributed by atoms with Crippen LogP contribution in [-0.4, -0.2) is 7.35 Å². The van der Waals surface area contributed by atoms with E-state index < -0.39 is 0 Å². The normalized spacial score (nSPS) is 62.5. The van der Waals surface area contributed by atoms with E-state index in [1.165, 1.54) is 12.8 Å². The number of hydrogen-bond acceptors (Lipinski definition) is 0. The van der Waals surface area contributed by atoms with Crippen molar-refractivity contribution < 1.29 is 0 Å². The molecule has 4 aliphatic rings. The molecule has 68 valence electrons. The molecule has 4 rings (SSSR count). The second kappa shape index (κ2) is 2.74. The van der Waals surface area contributed by atoms with Gasteiger partial charge in [0.25, 0.3) is 0 Å². The summed E-state index contributed by atoms with van der Waals surface area (Å²) in [6, 6.07) is 0. The van der Waals surface area contributed by atoms with E-state index in [0.29, 0.717) is 3.42 Å². The maximum absolute atomic E-state index is 2.78. The van der Waals surface area contributed by atoms with Crippen molar-refractivity contribution in [1.29, 1.82) is 0 Å². The van der Waals surface area contributed by atoms with Crippen molar-refractivity contribution in [3.05, 3.63) is 0 Å². The molecule has 3 atom stereocenters. The largest absolute Gasteiger partial charge is 0.0809 e. The Balaban J connectivity index is 1.97. The SMILES string of the molecule is IC1C2CC3CC(C2)CC1(I)C3. The maximum atomic E-state index is 2.78. The Morgan fingerprint density at radius 2 is 1.58 bits per heavy atom. The first-order valence-electron chi connectivity index (χ1n) is 5.00. The van der Waals surface area contributed by atoms with Gasteiger partial charge in [0.1, 0.15) is 0 Å². The van der Waals surface area contributed by atoms with Crippen LogP contribution in [0.2, 0.25) is 0 Å². The third kappa shape index (κ3) is 1.12. The fourth-order valence-corrected chi connectivity index (χ4v) is 6.73. The summed E-state index contributed by atoms with van der Waals surface area (Å²) in [6.45, 7) is 0. The highest BCUT2D eigenvalue weighted by Crippen LogP contribution is 2.61. The van der Waals surface area contributed by atoms with Crippen LogP contribution in [-0.2, 0) is 0 Å². The van der Waals surface area contributed by atoms with Crippen molar-refractivity contribution in [3.63, 3.8) is 0 Å². The van der Waals surface area contributed by atoms with Gasteiger partial charge < -0.3 is 0 Å². The van der Waals surface area contributed by atoms with Gasteiger partial charge in [-0.1, -0.05) is 45.2 Å². The lowest BCUT2D eigenvalue weighted by atomic mass is 9.56. The minimum absolute atomic E-state index is 0.715. The maximum Gasteiger partial charge on any atom is 0.0347 e. The molecule has 4 bridgehead atoms. The molecule has 0 aromatic rings. The molecule has 0 amide bonds. The molecule has 0 aliphatic heterocycles. The van der Waals surface area contributed by atoms with Gasteiger partial charge in [0.2, 0.25) is 0 Å². The first-order valence-corrected chi connectivity index (χ1v) is 7.33. The summed E-state index contributed by atoms with van der Waals surface area (Å²) in [4.78, 5) is 0. The van der Waals surface area contributed by atoms with Crippen LogP contribution in [0.25, 0.3) is 0 Å². The Morgan fingerprint density at radius 3 is 2.08 bits per heavy atom. The van der Waals surface area contributed by atoms with Crippen molar-refractivity contribution >= 4 is 45.2 Å². The van der Waals surface area contributed by atoms with Crippen molar-refractivity contribution in [2.24, 2.45) is 17.8 Å². The van der Waals surface area contributed by atoms with Gasteiger partial charge in [-0.15, -0.1) is 0 Å². The summed E-state index contributed by atoms with van der Waals surface area (Å²) in [7, 11) is 0. The van der Waals surface area contributed by atoms with Crippen LogP contribution in [0.3, 0.4) is 0 Å². The van der Waals surface area contributed by atoms with Crippen LogP contribution < -0.4 is 0 Å². The third-order valence-electron chi connectivity index (χ3n) is 4.10. The van der Waals surface area contributed by atoms with Crippen LogP contribution >= 0.6 is 45.2 Å². The Hall–Kier alpha value is 1.46. The minimum Gasteiger partial charge on any atom is -0.0809 e. The third-order valence-corrected chi connectivity index (χ3v) is 9.06. The molecule has 0 saturated heterocycles. The molecule has 0 aromatic carbocycles. The molecule has 0 heterocycles. The van der Waals surface area contributed by atoms with Gasteiger partial charge in [-0.2, -0.15) is 0 Å². The second-order valence-electron chi connectivity index (χ2n) is 5.04. The number of hydrogen-bond donors (Lipinski definition) is 0. The van der Waals surface area contributed by atoms with Gasteiger partial charge in [-0.3, -0.25) is 0 Å². The van der Waals surface area contributed by atoms with Gasteiger partial charge >= 0.3 is 0 Å². The predicted molar refractivity (Wildman–Crippen MR) is 68.1 cm³/mol. The molecule has 0 spiro atoms. The van der Waals surface area contributed by atoms with Gasteiger partial charge in [-0.05, 0) is 49.9 Å². The van der Waals surface area contributed by atoms with E-state index in [0.717, 1.165) is 21.7 Å². The summed E-state index contributed by atoms with van der Waals surface area (Å²) >= 11 is 5.52. The molecular formula is C10H14I2. The van der Waals surface area contributed by atoms with Crippen LogP contribution in [0.4, 0.5) is 0 Å². The molecule has 0 aromatic heterocycles. The fourth-order valence-electron chi connectivity index (χ4n) is 3.88. The highest BCUT2D eigenvalue weighted by Gasteiger charge is 2.54. The Morgan fingerprint density at radius 1 is 1.00 bits per heavy atom. The van der Waals surface area contributed by atoms with Crippen LogP contribution in [0.5, 0.6) is 0 Å². The quantitative estimate of drug-likeness (QED) is 0.438. The number of rotatable bonds is 0. The first-order chi connectivity index (χ1) is 5.67. The molecule has 0 nitrogen and oxygen atoms in total. The summed E-state index contributed by atoms with van der Waals surface area (Å²) in [6.07, 6.45) is 7.77. The summed E-state index contributed by atoms with van der Waals surface area (Å²) in [5.41, 5.74) is 0. The molecule has 0 N–H and O–H groups in total. The van der Waals surface area contributed by atoms with Crippen molar-refractivity contribution in [2.45, 2.75) is 39.5 Å². The zero-order valence-electron chi connectivity index (χ0n) is 7.10. The summed E-state index contributed by atoms with van der Waals surface area (Å²) < 4.78 is 1.70. The van der Waals surface area contributed by atoms with Crippen molar-refractivity contribution in [1.82, 2.24) is 0 Å². The van der Waals surface area contributed by atoms with E-state index in [4.69, 9.17) is 0 Å². The van der Waals surface area contributed by atoms with Crippen LogP contribution in [0, 0.1) is 17.8 Å². The average molecular weight is 388 g/mol. The summed E-state index contributed by atoms with van der Waals surface area (Å²) in [5.74, 6) is 3.32. The van der Waals surface area contributed by atoms with E-state index in [9.17, 15) is 0 Å². The predicted octanol–water partition coefficient (Wildman–Crippen LogP) is 3.80. The number of halogens is 2. The Kier molecular flexibility index (Phi) is 1.99. The molecular weight excluding hydrogens is 374 g/mol. The highest BCUT2D eigenvalue weighted by molar-refractivity contribution is 14.1. The van der Waals surface area contributed by atoms with E-state index in [1.54, 1.807) is 19.3 Å².